The lowest BCUT2D eigenvalue weighted by Crippen LogP contribution is -2.43. The Morgan fingerprint density at radius 1 is 1.12 bits per heavy atom. The second-order valence-electron chi connectivity index (χ2n) is 7.03. The maximum atomic E-state index is 13.3. The molecule has 0 N–H and O–H groups in total. The van der Waals surface area contributed by atoms with Gasteiger partial charge < -0.3 is 9.64 Å². The Balaban J connectivity index is 1.73. The summed E-state index contributed by atoms with van der Waals surface area (Å²) in [7, 11) is 2.85. The Morgan fingerprint density at radius 3 is 2.53 bits per heavy atom. The Morgan fingerprint density at radius 2 is 1.84 bits per heavy atom. The highest BCUT2D eigenvalue weighted by Crippen LogP contribution is 2.35. The number of esters is 1. The van der Waals surface area contributed by atoms with E-state index in [4.69, 9.17) is 16.3 Å². The number of nitrogens with zero attached hydrogens (tertiary/aromatic N) is 2. The molecule has 9 heteroatoms. The number of hydrogen-bond acceptors (Lipinski definition) is 6. The molecule has 0 saturated carbocycles. The summed E-state index contributed by atoms with van der Waals surface area (Å²) in [6.45, 7) is 0. The molecule has 1 aliphatic rings. The second kappa shape index (κ2) is 8.57. The Hall–Kier alpha value is -3.49. The van der Waals surface area contributed by atoms with Crippen molar-refractivity contribution in [1.82, 2.24) is 0 Å². The average Bonchev–Trinajstić information content (AvgIpc) is 3.23. The van der Waals surface area contributed by atoms with Gasteiger partial charge in [-0.15, -0.1) is 11.3 Å². The summed E-state index contributed by atoms with van der Waals surface area (Å²) in [5.41, 5.74) is 1.61. The quantitative estimate of drug-likeness (QED) is 0.423. The lowest BCUT2D eigenvalue weighted by molar-refractivity contribution is -0.117. The molecule has 0 radical (unpaired) electrons. The summed E-state index contributed by atoms with van der Waals surface area (Å²) >= 11 is 7.38. The van der Waals surface area contributed by atoms with Crippen LogP contribution in [0.5, 0.6) is 0 Å². The van der Waals surface area contributed by atoms with E-state index in [0.717, 1.165) is 16.2 Å². The Labute approximate surface area is 192 Å². The lowest BCUT2D eigenvalue weighted by Gasteiger charge is -2.27. The first kappa shape index (κ1) is 21.7. The molecule has 3 amide bonds. The van der Waals surface area contributed by atoms with Crippen molar-refractivity contribution in [2.45, 2.75) is 6.42 Å². The van der Waals surface area contributed by atoms with Crippen molar-refractivity contribution in [3.05, 3.63) is 80.5 Å². The fraction of sp³-hybridized carbons (Fsp3) is 0.130. The van der Waals surface area contributed by atoms with Gasteiger partial charge in [0.05, 0.1) is 29.8 Å². The van der Waals surface area contributed by atoms with Gasteiger partial charge in [0.1, 0.15) is 4.88 Å². The number of ether oxygens (including phenoxy) is 1. The predicted octanol–water partition coefficient (Wildman–Crippen LogP) is 4.19. The van der Waals surface area contributed by atoms with Crippen LogP contribution < -0.4 is 9.80 Å². The molecule has 162 valence electrons. The first-order valence-corrected chi connectivity index (χ1v) is 10.8. The zero-order valence-corrected chi connectivity index (χ0v) is 18.7. The summed E-state index contributed by atoms with van der Waals surface area (Å²) in [6.07, 6.45) is -0.0764. The third kappa shape index (κ3) is 3.68. The van der Waals surface area contributed by atoms with Crippen LogP contribution in [-0.4, -0.2) is 37.8 Å². The van der Waals surface area contributed by atoms with Crippen molar-refractivity contribution >= 4 is 58.0 Å². The highest BCUT2D eigenvalue weighted by Gasteiger charge is 2.38. The number of carbonyl (C=O) groups excluding carboxylic acids is 4. The Bertz CT molecular complexity index is 1250. The van der Waals surface area contributed by atoms with Gasteiger partial charge in [-0.25, -0.2) is 9.69 Å². The number of benzene rings is 2. The molecule has 32 heavy (non-hydrogen) atoms. The maximum Gasteiger partial charge on any atom is 0.348 e. The highest BCUT2D eigenvalue weighted by molar-refractivity contribution is 7.12. The van der Waals surface area contributed by atoms with Gasteiger partial charge in [-0.1, -0.05) is 29.8 Å². The number of rotatable bonds is 4. The van der Waals surface area contributed by atoms with E-state index in [9.17, 15) is 19.2 Å². The number of hydrogen-bond donors (Lipinski definition) is 0. The molecule has 7 nitrogen and oxygen atoms in total. The first-order chi connectivity index (χ1) is 15.3. The largest absolute Gasteiger partial charge is 0.465 e. The SMILES string of the molecule is COC(=O)c1scc2c1C(=O)N(c1cc(C(=O)N(C)c3ccccc3)ccc1Cl)C(=O)C2. The molecule has 0 fully saturated rings. The minimum absolute atomic E-state index is 0.0764. The number of halogens is 1. The predicted molar refractivity (Wildman–Crippen MR) is 122 cm³/mol. The van der Waals surface area contributed by atoms with Crippen LogP contribution in [-0.2, 0) is 16.0 Å². The van der Waals surface area contributed by atoms with Gasteiger partial charge >= 0.3 is 5.97 Å². The van der Waals surface area contributed by atoms with Crippen molar-refractivity contribution in [3.8, 4) is 0 Å². The van der Waals surface area contributed by atoms with E-state index < -0.39 is 17.8 Å². The van der Waals surface area contributed by atoms with Gasteiger partial charge in [0, 0.05) is 18.3 Å². The van der Waals surface area contributed by atoms with Crippen LogP contribution in [0.4, 0.5) is 11.4 Å². The number of thiophene rings is 1. The third-order valence-electron chi connectivity index (χ3n) is 5.13. The lowest BCUT2D eigenvalue weighted by atomic mass is 10.00. The third-order valence-corrected chi connectivity index (χ3v) is 6.46. The van der Waals surface area contributed by atoms with E-state index in [1.165, 1.54) is 30.2 Å². The topological polar surface area (TPSA) is 84.0 Å². The normalized spacial score (nSPS) is 13.0. The minimum atomic E-state index is -0.680. The van der Waals surface area contributed by atoms with E-state index in [0.29, 0.717) is 11.3 Å². The van der Waals surface area contributed by atoms with E-state index >= 15 is 0 Å². The molecular weight excluding hydrogens is 452 g/mol. The van der Waals surface area contributed by atoms with Crippen LogP contribution in [0.2, 0.25) is 5.02 Å². The fourth-order valence-electron chi connectivity index (χ4n) is 3.49. The van der Waals surface area contributed by atoms with Crippen molar-refractivity contribution in [1.29, 1.82) is 0 Å². The number of amides is 3. The van der Waals surface area contributed by atoms with E-state index in [-0.39, 0.29) is 39.0 Å². The zero-order valence-electron chi connectivity index (χ0n) is 17.1. The summed E-state index contributed by atoms with van der Waals surface area (Å²) in [5.74, 6) is -2.17. The van der Waals surface area contributed by atoms with E-state index in [1.807, 2.05) is 18.2 Å². The van der Waals surface area contributed by atoms with Gasteiger partial charge in [0.15, 0.2) is 0 Å². The highest BCUT2D eigenvalue weighted by atomic mass is 35.5. The van der Waals surface area contributed by atoms with E-state index in [2.05, 4.69) is 0 Å². The summed E-state index contributed by atoms with van der Waals surface area (Å²) in [4.78, 5) is 53.7. The zero-order chi connectivity index (χ0) is 23.0. The summed E-state index contributed by atoms with van der Waals surface area (Å²) in [5, 5.41) is 1.73. The molecule has 0 unspecified atom stereocenters. The standard InChI is InChI=1S/C23H17ClN2O5S/c1-25(15-6-4-3-5-7-15)21(28)13-8-9-16(24)17(10-13)26-18(27)11-14-12-32-20(23(30)31-2)19(14)22(26)29/h3-10,12H,11H2,1-2H3. The van der Waals surface area contributed by atoms with Crippen LogP contribution in [0.25, 0.3) is 0 Å². The van der Waals surface area contributed by atoms with Crippen LogP contribution in [0.15, 0.2) is 53.9 Å². The molecule has 2 aromatic carbocycles. The molecule has 1 aromatic heterocycles. The fourth-order valence-corrected chi connectivity index (χ4v) is 4.67. The molecule has 0 atom stereocenters. The second-order valence-corrected chi connectivity index (χ2v) is 8.32. The van der Waals surface area contributed by atoms with Gasteiger partial charge in [0.25, 0.3) is 11.8 Å². The molecule has 0 aliphatic carbocycles. The van der Waals surface area contributed by atoms with Crippen LogP contribution >= 0.6 is 22.9 Å². The first-order valence-electron chi connectivity index (χ1n) is 9.52. The number of methoxy groups -OCH3 is 1. The molecule has 0 spiro atoms. The van der Waals surface area contributed by atoms with Crippen LogP contribution in [0.1, 0.15) is 36.0 Å². The van der Waals surface area contributed by atoms with Crippen molar-refractivity contribution in [2.24, 2.45) is 0 Å². The van der Waals surface area contributed by atoms with Gasteiger partial charge in [-0.3, -0.25) is 14.4 Å². The number of anilines is 2. The van der Waals surface area contributed by atoms with Crippen molar-refractivity contribution in [2.75, 3.05) is 24.0 Å². The van der Waals surface area contributed by atoms with Gasteiger partial charge in [-0.05, 0) is 41.3 Å². The van der Waals surface area contributed by atoms with E-state index in [1.54, 1.807) is 24.6 Å². The molecule has 0 bridgehead atoms. The number of carbonyl (C=O) groups is 4. The molecule has 4 rings (SSSR count). The number of imide groups is 1. The summed E-state index contributed by atoms with van der Waals surface area (Å²) < 4.78 is 4.76. The molecule has 0 saturated heterocycles. The van der Waals surface area contributed by atoms with Crippen LogP contribution in [0, 0.1) is 0 Å². The maximum absolute atomic E-state index is 13.3. The number of fused-ring (bicyclic) bond motifs is 1. The molecule has 2 heterocycles. The van der Waals surface area contributed by atoms with Crippen molar-refractivity contribution < 1.29 is 23.9 Å². The van der Waals surface area contributed by atoms with Gasteiger partial charge in [-0.2, -0.15) is 0 Å². The van der Waals surface area contributed by atoms with Crippen LogP contribution in [0.3, 0.4) is 0 Å². The Kier molecular flexibility index (Phi) is 5.82. The smallest absolute Gasteiger partial charge is 0.348 e. The monoisotopic (exact) mass is 468 g/mol. The summed E-state index contributed by atoms with van der Waals surface area (Å²) in [6, 6.07) is 13.5. The molecular formula is C23H17ClN2O5S. The molecule has 3 aromatic rings. The van der Waals surface area contributed by atoms with Gasteiger partial charge in [0.2, 0.25) is 5.91 Å². The minimum Gasteiger partial charge on any atom is -0.465 e. The molecule has 1 aliphatic heterocycles. The van der Waals surface area contributed by atoms with Crippen molar-refractivity contribution in [3.63, 3.8) is 0 Å². The number of para-hydroxylation sites is 1. The average molecular weight is 469 g/mol.